The van der Waals surface area contributed by atoms with Gasteiger partial charge in [0.2, 0.25) is 10.9 Å². The fourth-order valence-electron chi connectivity index (χ4n) is 3.10. The van der Waals surface area contributed by atoms with Crippen LogP contribution in [0.25, 0.3) is 4.96 Å². The van der Waals surface area contributed by atoms with Gasteiger partial charge < -0.3 is 4.90 Å². The van der Waals surface area contributed by atoms with Crippen molar-refractivity contribution in [2.24, 2.45) is 5.92 Å². The standard InChI is InChI=1S/C17H18FN5OS/c1-10(2)6-14-19-20-17-23(14)21-16(25-17)11-7-15(24)22(9-11)13-5-3-4-12(18)8-13/h3-5,8,10-11H,6-7,9H2,1-2H3/t11-/m1/s1. The number of benzene rings is 1. The lowest BCUT2D eigenvalue weighted by Crippen LogP contribution is -2.24. The lowest BCUT2D eigenvalue weighted by Gasteiger charge is -2.16. The summed E-state index contributed by atoms with van der Waals surface area (Å²) < 4.78 is 15.2. The third-order valence-corrected chi connectivity index (χ3v) is 5.32. The van der Waals surface area contributed by atoms with E-state index >= 15 is 0 Å². The van der Waals surface area contributed by atoms with Gasteiger partial charge in [-0.25, -0.2) is 4.39 Å². The molecular formula is C17H18FN5OS. The van der Waals surface area contributed by atoms with Gasteiger partial charge in [-0.05, 0) is 24.1 Å². The molecule has 0 bridgehead atoms. The lowest BCUT2D eigenvalue weighted by molar-refractivity contribution is -0.117. The highest BCUT2D eigenvalue weighted by Crippen LogP contribution is 2.34. The molecule has 0 radical (unpaired) electrons. The van der Waals surface area contributed by atoms with Crippen LogP contribution in [0.4, 0.5) is 10.1 Å². The number of amides is 1. The Labute approximate surface area is 148 Å². The van der Waals surface area contributed by atoms with E-state index in [1.54, 1.807) is 21.5 Å². The zero-order chi connectivity index (χ0) is 17.6. The summed E-state index contributed by atoms with van der Waals surface area (Å²) in [4.78, 5) is 14.8. The van der Waals surface area contributed by atoms with Crippen LogP contribution in [0.5, 0.6) is 0 Å². The molecule has 0 unspecified atom stereocenters. The number of rotatable bonds is 4. The summed E-state index contributed by atoms with van der Waals surface area (Å²) >= 11 is 1.47. The maximum absolute atomic E-state index is 13.4. The van der Waals surface area contributed by atoms with E-state index in [2.05, 4.69) is 29.1 Å². The van der Waals surface area contributed by atoms with Crippen molar-refractivity contribution in [2.45, 2.75) is 32.6 Å². The van der Waals surface area contributed by atoms with Crippen LogP contribution in [0.15, 0.2) is 24.3 Å². The first kappa shape index (κ1) is 16.1. The predicted molar refractivity (Wildman–Crippen MR) is 93.3 cm³/mol. The van der Waals surface area contributed by atoms with Crippen LogP contribution >= 0.6 is 11.3 Å². The molecule has 1 amide bonds. The summed E-state index contributed by atoms with van der Waals surface area (Å²) in [5.41, 5.74) is 0.594. The van der Waals surface area contributed by atoms with Crippen LogP contribution < -0.4 is 4.90 Å². The molecule has 8 heteroatoms. The quantitative estimate of drug-likeness (QED) is 0.718. The van der Waals surface area contributed by atoms with Gasteiger partial charge in [-0.3, -0.25) is 4.79 Å². The van der Waals surface area contributed by atoms with Crippen LogP contribution in [0.1, 0.15) is 37.0 Å². The Hall–Kier alpha value is -2.35. The van der Waals surface area contributed by atoms with Gasteiger partial charge in [0.1, 0.15) is 10.8 Å². The molecule has 0 spiro atoms. The fourth-order valence-corrected chi connectivity index (χ4v) is 4.04. The first-order valence-electron chi connectivity index (χ1n) is 8.28. The monoisotopic (exact) mass is 359 g/mol. The maximum atomic E-state index is 13.4. The van der Waals surface area contributed by atoms with Gasteiger partial charge in [-0.1, -0.05) is 31.3 Å². The minimum Gasteiger partial charge on any atom is -0.312 e. The third kappa shape index (κ3) is 3.02. The smallest absolute Gasteiger partial charge is 0.234 e. The second kappa shape index (κ2) is 6.18. The normalized spacial score (nSPS) is 18.0. The van der Waals surface area contributed by atoms with E-state index in [1.165, 1.54) is 23.5 Å². The largest absolute Gasteiger partial charge is 0.312 e. The molecule has 0 saturated carbocycles. The van der Waals surface area contributed by atoms with E-state index < -0.39 is 0 Å². The topological polar surface area (TPSA) is 63.4 Å². The second-order valence-electron chi connectivity index (χ2n) is 6.73. The molecule has 4 rings (SSSR count). The Morgan fingerprint density at radius 3 is 2.96 bits per heavy atom. The molecule has 2 aromatic heterocycles. The summed E-state index contributed by atoms with van der Waals surface area (Å²) in [6.07, 6.45) is 1.18. The van der Waals surface area contributed by atoms with Crippen molar-refractivity contribution >= 4 is 27.9 Å². The summed E-state index contributed by atoms with van der Waals surface area (Å²) in [5.74, 6) is 0.956. The summed E-state index contributed by atoms with van der Waals surface area (Å²) in [6.45, 7) is 4.76. The van der Waals surface area contributed by atoms with Crippen LogP contribution in [-0.2, 0) is 11.2 Å². The van der Waals surface area contributed by atoms with Crippen molar-refractivity contribution < 1.29 is 9.18 Å². The van der Waals surface area contributed by atoms with Crippen LogP contribution in [-0.4, -0.2) is 32.3 Å². The summed E-state index contributed by atoms with van der Waals surface area (Å²) in [6, 6.07) is 6.13. The van der Waals surface area contributed by atoms with E-state index in [4.69, 9.17) is 0 Å². The Bertz CT molecular complexity index is 934. The van der Waals surface area contributed by atoms with Gasteiger partial charge in [0.15, 0.2) is 5.82 Å². The van der Waals surface area contributed by atoms with Crippen molar-refractivity contribution in [3.05, 3.63) is 40.9 Å². The van der Waals surface area contributed by atoms with E-state index in [0.29, 0.717) is 24.6 Å². The highest BCUT2D eigenvalue weighted by Gasteiger charge is 2.34. The molecule has 6 nitrogen and oxygen atoms in total. The first-order chi connectivity index (χ1) is 12.0. The number of aromatic nitrogens is 4. The third-order valence-electron chi connectivity index (χ3n) is 4.26. The van der Waals surface area contributed by atoms with Crippen molar-refractivity contribution in [2.75, 3.05) is 11.4 Å². The Kier molecular flexibility index (Phi) is 3.99. The molecule has 1 aliphatic heterocycles. The summed E-state index contributed by atoms with van der Waals surface area (Å²) in [7, 11) is 0. The van der Waals surface area contributed by atoms with Crippen LogP contribution in [0.3, 0.4) is 0 Å². The predicted octanol–water partition coefficient (Wildman–Crippen LogP) is 3.04. The molecule has 1 saturated heterocycles. The number of hydrogen-bond donors (Lipinski definition) is 0. The fraction of sp³-hybridized carbons (Fsp3) is 0.412. The molecule has 1 fully saturated rings. The lowest BCUT2D eigenvalue weighted by atomic mass is 10.1. The molecular weight excluding hydrogens is 341 g/mol. The van der Waals surface area contributed by atoms with Crippen molar-refractivity contribution in [3.63, 3.8) is 0 Å². The molecule has 1 atom stereocenters. The van der Waals surface area contributed by atoms with Crippen LogP contribution in [0, 0.1) is 11.7 Å². The average molecular weight is 359 g/mol. The minimum absolute atomic E-state index is 0.00522. The molecule has 130 valence electrons. The molecule has 1 aromatic carbocycles. The number of halogens is 1. The zero-order valence-corrected chi connectivity index (χ0v) is 14.8. The second-order valence-corrected chi connectivity index (χ2v) is 7.72. The summed E-state index contributed by atoms with van der Waals surface area (Å²) in [5, 5.41) is 13.9. The molecule has 1 aliphatic rings. The molecule has 3 aromatic rings. The number of carbonyl (C=O) groups is 1. The van der Waals surface area contributed by atoms with E-state index in [0.717, 1.165) is 22.2 Å². The number of carbonyl (C=O) groups excluding carboxylic acids is 1. The van der Waals surface area contributed by atoms with Gasteiger partial charge in [0.25, 0.3) is 0 Å². The van der Waals surface area contributed by atoms with Gasteiger partial charge in [-0.2, -0.15) is 9.61 Å². The van der Waals surface area contributed by atoms with Crippen molar-refractivity contribution in [1.82, 2.24) is 19.8 Å². The number of hydrogen-bond acceptors (Lipinski definition) is 5. The molecule has 0 aliphatic carbocycles. The van der Waals surface area contributed by atoms with Gasteiger partial charge in [0.05, 0.1) is 0 Å². The zero-order valence-electron chi connectivity index (χ0n) is 14.0. The Morgan fingerprint density at radius 2 is 2.20 bits per heavy atom. The van der Waals surface area contributed by atoms with E-state index in [-0.39, 0.29) is 17.6 Å². The molecule has 3 heterocycles. The SMILES string of the molecule is CC(C)Cc1nnc2sc([C@@H]3CC(=O)N(c4cccc(F)c4)C3)nn12. The average Bonchev–Trinajstić information content (AvgIpc) is 3.22. The number of anilines is 1. The minimum atomic E-state index is -0.342. The number of fused-ring (bicyclic) bond motifs is 1. The van der Waals surface area contributed by atoms with E-state index in [1.807, 2.05) is 0 Å². The maximum Gasteiger partial charge on any atom is 0.234 e. The van der Waals surface area contributed by atoms with Gasteiger partial charge in [-0.15, -0.1) is 10.2 Å². The van der Waals surface area contributed by atoms with Crippen molar-refractivity contribution in [3.8, 4) is 0 Å². The highest BCUT2D eigenvalue weighted by atomic mass is 32.1. The van der Waals surface area contributed by atoms with E-state index in [9.17, 15) is 9.18 Å². The van der Waals surface area contributed by atoms with Crippen LogP contribution in [0.2, 0.25) is 0 Å². The Morgan fingerprint density at radius 1 is 1.36 bits per heavy atom. The highest BCUT2D eigenvalue weighted by molar-refractivity contribution is 7.16. The van der Waals surface area contributed by atoms with Crippen molar-refractivity contribution in [1.29, 1.82) is 0 Å². The molecule has 25 heavy (non-hydrogen) atoms. The molecule has 0 N–H and O–H groups in total. The Balaban J connectivity index is 1.59. The van der Waals surface area contributed by atoms with Gasteiger partial charge >= 0.3 is 0 Å². The first-order valence-corrected chi connectivity index (χ1v) is 9.10. The van der Waals surface area contributed by atoms with Gasteiger partial charge in [0, 0.05) is 31.0 Å². The number of nitrogens with zero attached hydrogens (tertiary/aromatic N) is 5.